The van der Waals surface area contributed by atoms with E-state index in [0.29, 0.717) is 19.0 Å². The molecule has 5 heteroatoms. The quantitative estimate of drug-likeness (QED) is 0.788. The van der Waals surface area contributed by atoms with E-state index in [9.17, 15) is 4.79 Å². The van der Waals surface area contributed by atoms with Crippen molar-refractivity contribution in [1.29, 1.82) is 0 Å². The van der Waals surface area contributed by atoms with Crippen molar-refractivity contribution in [3.05, 3.63) is 42.0 Å². The van der Waals surface area contributed by atoms with Crippen LogP contribution in [0.2, 0.25) is 0 Å². The van der Waals surface area contributed by atoms with Crippen LogP contribution in [0.4, 0.5) is 11.4 Å². The molecule has 29 heavy (non-hydrogen) atoms. The summed E-state index contributed by atoms with van der Waals surface area (Å²) >= 11 is 0. The van der Waals surface area contributed by atoms with Crippen LogP contribution in [0.15, 0.2) is 36.4 Å². The SMILES string of the molecule is CC(C)c1cc2c(c(-c3cccc(N4CC(C(=O)O)C4)c3)c1)NCC1(CCC1)O2. The number of aliphatic carboxylic acids is 1. The Balaban J connectivity index is 1.51. The van der Waals surface area contributed by atoms with Crippen LogP contribution in [0.1, 0.15) is 44.6 Å². The molecule has 5 nitrogen and oxygen atoms in total. The standard InChI is InChI=1S/C24H28N2O3/c1-15(2)17-10-20(22-21(11-17)29-24(14-25-22)7-4-8-24)16-5-3-6-19(9-16)26-12-18(13-26)23(27)28/h3,5-6,9-11,15,18,25H,4,7-8,12-14H2,1-2H3,(H,27,28). The van der Waals surface area contributed by atoms with Gasteiger partial charge < -0.3 is 20.1 Å². The van der Waals surface area contributed by atoms with Crippen molar-refractivity contribution in [3.63, 3.8) is 0 Å². The number of hydrogen-bond donors (Lipinski definition) is 2. The highest BCUT2D eigenvalue weighted by Crippen LogP contribution is 2.48. The smallest absolute Gasteiger partial charge is 0.310 e. The molecule has 1 saturated carbocycles. The van der Waals surface area contributed by atoms with Crippen molar-refractivity contribution in [2.75, 3.05) is 29.9 Å². The molecular formula is C24H28N2O3. The first-order chi connectivity index (χ1) is 13.9. The van der Waals surface area contributed by atoms with Crippen LogP contribution in [-0.2, 0) is 4.79 Å². The van der Waals surface area contributed by atoms with E-state index >= 15 is 0 Å². The molecule has 2 aliphatic heterocycles. The number of nitrogens with one attached hydrogen (secondary N) is 1. The first-order valence-corrected chi connectivity index (χ1v) is 10.6. The monoisotopic (exact) mass is 392 g/mol. The molecule has 0 radical (unpaired) electrons. The predicted molar refractivity (Wildman–Crippen MR) is 115 cm³/mol. The Morgan fingerprint density at radius 1 is 1.24 bits per heavy atom. The van der Waals surface area contributed by atoms with Crippen LogP contribution in [0.25, 0.3) is 11.1 Å². The zero-order valence-electron chi connectivity index (χ0n) is 17.1. The van der Waals surface area contributed by atoms with E-state index in [1.54, 1.807) is 0 Å². The number of fused-ring (bicyclic) bond motifs is 1. The summed E-state index contributed by atoms with van der Waals surface area (Å²) in [5.74, 6) is 0.418. The van der Waals surface area contributed by atoms with Gasteiger partial charge in [-0.3, -0.25) is 4.79 Å². The van der Waals surface area contributed by atoms with Gasteiger partial charge in [-0.15, -0.1) is 0 Å². The summed E-state index contributed by atoms with van der Waals surface area (Å²) < 4.78 is 6.52. The maximum Gasteiger partial charge on any atom is 0.310 e. The molecule has 152 valence electrons. The molecule has 2 aromatic rings. The summed E-state index contributed by atoms with van der Waals surface area (Å²) in [5.41, 5.74) is 5.72. The van der Waals surface area contributed by atoms with Crippen molar-refractivity contribution in [3.8, 4) is 16.9 Å². The van der Waals surface area contributed by atoms with Crippen LogP contribution in [0, 0.1) is 5.92 Å². The number of benzene rings is 2. The maximum atomic E-state index is 11.1. The maximum absolute atomic E-state index is 11.1. The van der Waals surface area contributed by atoms with Gasteiger partial charge >= 0.3 is 5.97 Å². The van der Waals surface area contributed by atoms with Gasteiger partial charge in [0.05, 0.1) is 18.2 Å². The fourth-order valence-corrected chi connectivity index (χ4v) is 4.55. The third kappa shape index (κ3) is 3.13. The molecule has 0 unspecified atom stereocenters. The molecule has 5 rings (SSSR count). The Morgan fingerprint density at radius 2 is 2.03 bits per heavy atom. The summed E-state index contributed by atoms with van der Waals surface area (Å²) in [6.07, 6.45) is 3.48. The van der Waals surface area contributed by atoms with E-state index < -0.39 is 5.97 Å². The van der Waals surface area contributed by atoms with Crippen LogP contribution in [0.5, 0.6) is 5.75 Å². The second kappa shape index (κ2) is 6.68. The molecule has 3 aliphatic rings. The van der Waals surface area contributed by atoms with Gasteiger partial charge in [-0.1, -0.05) is 26.0 Å². The largest absolute Gasteiger partial charge is 0.483 e. The lowest BCUT2D eigenvalue weighted by Gasteiger charge is -2.46. The zero-order valence-corrected chi connectivity index (χ0v) is 17.1. The molecule has 2 fully saturated rings. The molecule has 1 aliphatic carbocycles. The van der Waals surface area contributed by atoms with Crippen LogP contribution in [0.3, 0.4) is 0 Å². The molecule has 1 spiro atoms. The van der Waals surface area contributed by atoms with Gasteiger partial charge in [-0.25, -0.2) is 0 Å². The van der Waals surface area contributed by atoms with Gasteiger partial charge in [0.15, 0.2) is 0 Å². The normalized spacial score (nSPS) is 19.8. The first-order valence-electron chi connectivity index (χ1n) is 10.6. The average molecular weight is 392 g/mol. The highest BCUT2D eigenvalue weighted by molar-refractivity contribution is 5.85. The Labute approximate surface area is 171 Å². The number of carboxylic acid groups (broad SMARTS) is 1. The van der Waals surface area contributed by atoms with E-state index in [0.717, 1.165) is 47.6 Å². The number of ether oxygens (including phenoxy) is 1. The summed E-state index contributed by atoms with van der Waals surface area (Å²) in [6, 6.07) is 12.9. The summed E-state index contributed by atoms with van der Waals surface area (Å²) in [6.45, 7) is 6.44. The molecule has 1 saturated heterocycles. The minimum Gasteiger partial charge on any atom is -0.483 e. The highest BCUT2D eigenvalue weighted by atomic mass is 16.5. The van der Waals surface area contributed by atoms with Gasteiger partial charge in [0, 0.05) is 24.3 Å². The second-order valence-electron chi connectivity index (χ2n) is 9.08. The van der Waals surface area contributed by atoms with Crippen molar-refractivity contribution >= 4 is 17.3 Å². The molecule has 2 N–H and O–H groups in total. The molecule has 0 amide bonds. The number of carbonyl (C=O) groups is 1. The first kappa shape index (κ1) is 18.3. The lowest BCUT2D eigenvalue weighted by Crippen LogP contribution is -2.51. The third-order valence-electron chi connectivity index (χ3n) is 6.72. The number of hydrogen-bond acceptors (Lipinski definition) is 4. The Hall–Kier alpha value is -2.69. The molecular weight excluding hydrogens is 364 g/mol. The fourth-order valence-electron chi connectivity index (χ4n) is 4.55. The van der Waals surface area contributed by atoms with Gasteiger partial charge in [0.1, 0.15) is 11.4 Å². The minimum atomic E-state index is -0.706. The summed E-state index contributed by atoms with van der Waals surface area (Å²) in [7, 11) is 0. The predicted octanol–water partition coefficient (Wildman–Crippen LogP) is 4.72. The average Bonchev–Trinajstić information content (AvgIpc) is 2.64. The van der Waals surface area contributed by atoms with Gasteiger partial charge in [0.2, 0.25) is 0 Å². The molecule has 2 aromatic carbocycles. The van der Waals surface area contributed by atoms with Gasteiger partial charge in [-0.05, 0) is 60.6 Å². The Bertz CT molecular complexity index is 959. The van der Waals surface area contributed by atoms with Gasteiger partial charge in [0.25, 0.3) is 0 Å². The van der Waals surface area contributed by atoms with E-state index in [-0.39, 0.29) is 11.5 Å². The molecule has 0 aromatic heterocycles. The molecule has 2 heterocycles. The van der Waals surface area contributed by atoms with E-state index in [4.69, 9.17) is 9.84 Å². The minimum absolute atomic E-state index is 0.0226. The lowest BCUT2D eigenvalue weighted by atomic mass is 9.78. The third-order valence-corrected chi connectivity index (χ3v) is 6.72. The second-order valence-corrected chi connectivity index (χ2v) is 9.08. The molecule has 0 bridgehead atoms. The lowest BCUT2D eigenvalue weighted by molar-refractivity contribution is -0.142. The zero-order chi connectivity index (χ0) is 20.2. The van der Waals surface area contributed by atoms with E-state index in [1.807, 2.05) is 0 Å². The number of nitrogens with zero attached hydrogens (tertiary/aromatic N) is 1. The summed E-state index contributed by atoms with van der Waals surface area (Å²) in [4.78, 5) is 13.3. The fraction of sp³-hybridized carbons (Fsp3) is 0.458. The van der Waals surface area contributed by atoms with E-state index in [2.05, 4.69) is 60.5 Å². The van der Waals surface area contributed by atoms with Crippen LogP contribution < -0.4 is 15.0 Å². The topological polar surface area (TPSA) is 61.8 Å². The van der Waals surface area contributed by atoms with Gasteiger partial charge in [-0.2, -0.15) is 0 Å². The van der Waals surface area contributed by atoms with Crippen LogP contribution >= 0.6 is 0 Å². The van der Waals surface area contributed by atoms with Crippen molar-refractivity contribution in [2.45, 2.75) is 44.6 Å². The Morgan fingerprint density at radius 3 is 2.69 bits per heavy atom. The van der Waals surface area contributed by atoms with Crippen molar-refractivity contribution < 1.29 is 14.6 Å². The number of rotatable bonds is 4. The van der Waals surface area contributed by atoms with Crippen molar-refractivity contribution in [1.82, 2.24) is 0 Å². The van der Waals surface area contributed by atoms with Crippen molar-refractivity contribution in [2.24, 2.45) is 5.92 Å². The molecule has 0 atom stereocenters. The van der Waals surface area contributed by atoms with E-state index in [1.165, 1.54) is 12.0 Å². The Kier molecular flexibility index (Phi) is 4.23. The highest BCUT2D eigenvalue weighted by Gasteiger charge is 2.42. The number of anilines is 2. The van der Waals surface area contributed by atoms with Crippen LogP contribution in [-0.4, -0.2) is 36.3 Å². The summed E-state index contributed by atoms with van der Waals surface area (Å²) in [5, 5.41) is 12.8. The number of carboxylic acids is 1.